The van der Waals surface area contributed by atoms with Gasteiger partial charge in [-0.05, 0) is 37.7 Å². The summed E-state index contributed by atoms with van der Waals surface area (Å²) >= 11 is 0. The number of nitrogens with zero attached hydrogens (tertiary/aromatic N) is 6. The summed E-state index contributed by atoms with van der Waals surface area (Å²) in [4.78, 5) is 15.9. The second-order valence-corrected chi connectivity index (χ2v) is 8.20. The third-order valence-electron chi connectivity index (χ3n) is 5.79. The average Bonchev–Trinajstić information content (AvgIpc) is 3.25. The molecule has 8 nitrogen and oxygen atoms in total. The maximum Gasteiger partial charge on any atom is 0.229 e. The molecule has 0 fully saturated rings. The lowest BCUT2D eigenvalue weighted by Crippen LogP contribution is -2.33. The van der Waals surface area contributed by atoms with Crippen molar-refractivity contribution in [3.8, 4) is 5.69 Å². The quantitative estimate of drug-likeness (QED) is 0.483. The standard InChI is InChI=1S/C24H25FN8/c1-15-27-14-33(31-15)21-10-9-17(11-20(21)25)28-24-29-22-18(16-7-5-4-6-8-16)12-32(3)13-19(22)23(26-2)30-24/h4-11,14,18H,12-13H2,1-3H3,(H2,26,28,29,30). The number of nitrogens with one attached hydrogen (secondary N) is 2. The molecule has 0 aliphatic carbocycles. The van der Waals surface area contributed by atoms with E-state index in [0.717, 1.165) is 30.2 Å². The molecule has 0 saturated heterocycles. The van der Waals surface area contributed by atoms with Gasteiger partial charge in [-0.15, -0.1) is 0 Å². The van der Waals surface area contributed by atoms with Crippen LogP contribution >= 0.6 is 0 Å². The van der Waals surface area contributed by atoms with Crippen molar-refractivity contribution in [1.29, 1.82) is 0 Å². The van der Waals surface area contributed by atoms with Crippen LogP contribution in [0, 0.1) is 12.7 Å². The first-order valence-electron chi connectivity index (χ1n) is 10.8. The van der Waals surface area contributed by atoms with Gasteiger partial charge < -0.3 is 15.5 Å². The van der Waals surface area contributed by atoms with Gasteiger partial charge in [0.1, 0.15) is 23.7 Å². The fourth-order valence-electron chi connectivity index (χ4n) is 4.25. The van der Waals surface area contributed by atoms with E-state index >= 15 is 0 Å². The molecule has 1 aliphatic rings. The number of hydrogen-bond donors (Lipinski definition) is 2. The van der Waals surface area contributed by atoms with Crippen LogP contribution in [0.25, 0.3) is 5.69 Å². The first-order chi connectivity index (χ1) is 16.0. The summed E-state index contributed by atoms with van der Waals surface area (Å²) in [6.07, 6.45) is 1.49. The predicted octanol–water partition coefficient (Wildman–Crippen LogP) is 3.87. The van der Waals surface area contributed by atoms with Gasteiger partial charge in [0.2, 0.25) is 5.95 Å². The van der Waals surface area contributed by atoms with Gasteiger partial charge in [-0.3, -0.25) is 0 Å². The van der Waals surface area contributed by atoms with E-state index in [4.69, 9.17) is 4.98 Å². The van der Waals surface area contributed by atoms with E-state index in [1.165, 1.54) is 22.6 Å². The molecule has 0 radical (unpaired) electrons. The van der Waals surface area contributed by atoms with E-state index in [9.17, 15) is 4.39 Å². The van der Waals surface area contributed by atoms with Gasteiger partial charge in [-0.2, -0.15) is 10.1 Å². The van der Waals surface area contributed by atoms with Crippen molar-refractivity contribution in [1.82, 2.24) is 29.6 Å². The normalized spacial score (nSPS) is 15.8. The Bertz CT molecular complexity index is 1290. The van der Waals surface area contributed by atoms with Crippen molar-refractivity contribution < 1.29 is 4.39 Å². The number of hydrogen-bond acceptors (Lipinski definition) is 7. The predicted molar refractivity (Wildman–Crippen MR) is 126 cm³/mol. The highest BCUT2D eigenvalue weighted by Crippen LogP contribution is 2.35. The first kappa shape index (κ1) is 21.0. The van der Waals surface area contributed by atoms with E-state index in [1.54, 1.807) is 19.1 Å². The maximum atomic E-state index is 14.8. The van der Waals surface area contributed by atoms with Gasteiger partial charge in [-0.1, -0.05) is 30.3 Å². The Labute approximate surface area is 191 Å². The number of rotatable bonds is 5. The minimum atomic E-state index is -0.416. The van der Waals surface area contributed by atoms with E-state index in [0.29, 0.717) is 23.1 Å². The van der Waals surface area contributed by atoms with Gasteiger partial charge >= 0.3 is 0 Å². The van der Waals surface area contributed by atoms with Crippen LogP contribution < -0.4 is 10.6 Å². The number of fused-ring (bicyclic) bond motifs is 1. The molecule has 1 atom stereocenters. The van der Waals surface area contributed by atoms with Crippen LogP contribution in [-0.2, 0) is 6.54 Å². The second-order valence-electron chi connectivity index (χ2n) is 8.20. The minimum absolute atomic E-state index is 0.116. The molecule has 2 N–H and O–H groups in total. The Balaban J connectivity index is 1.50. The van der Waals surface area contributed by atoms with Crippen LogP contribution in [0.4, 0.5) is 21.8 Å². The van der Waals surface area contributed by atoms with E-state index in [1.807, 2.05) is 25.2 Å². The molecule has 2 aromatic heterocycles. The van der Waals surface area contributed by atoms with E-state index in [-0.39, 0.29) is 5.92 Å². The SMILES string of the molecule is CNc1nc(Nc2ccc(-n3cnc(C)n3)c(F)c2)nc2c1CN(C)CC2c1ccccc1. The Morgan fingerprint density at radius 3 is 2.61 bits per heavy atom. The summed E-state index contributed by atoms with van der Waals surface area (Å²) in [5, 5.41) is 10.6. The fraction of sp³-hybridized carbons (Fsp3) is 0.250. The van der Waals surface area contributed by atoms with E-state index in [2.05, 4.69) is 49.8 Å². The molecular formula is C24H25FN8. The number of aromatic nitrogens is 5. The lowest BCUT2D eigenvalue weighted by molar-refractivity contribution is 0.292. The van der Waals surface area contributed by atoms with Crippen LogP contribution in [0.3, 0.4) is 0 Å². The zero-order valence-corrected chi connectivity index (χ0v) is 18.7. The monoisotopic (exact) mass is 444 g/mol. The van der Waals surface area contributed by atoms with Gasteiger partial charge in [0.15, 0.2) is 5.82 Å². The first-order valence-corrected chi connectivity index (χ1v) is 10.8. The molecule has 168 valence electrons. The highest BCUT2D eigenvalue weighted by Gasteiger charge is 2.29. The summed E-state index contributed by atoms with van der Waals surface area (Å²) in [5.41, 5.74) is 4.15. The Kier molecular flexibility index (Phi) is 5.47. The molecule has 2 aromatic carbocycles. The average molecular weight is 445 g/mol. The molecule has 1 aliphatic heterocycles. The smallest absolute Gasteiger partial charge is 0.229 e. The van der Waals surface area contributed by atoms with Crippen LogP contribution in [0.1, 0.15) is 28.6 Å². The largest absolute Gasteiger partial charge is 0.373 e. The molecule has 0 amide bonds. The fourth-order valence-corrected chi connectivity index (χ4v) is 4.25. The molecule has 4 aromatic rings. The minimum Gasteiger partial charge on any atom is -0.373 e. The zero-order valence-electron chi connectivity index (χ0n) is 18.7. The molecule has 3 heterocycles. The highest BCUT2D eigenvalue weighted by atomic mass is 19.1. The molecule has 0 bridgehead atoms. The lowest BCUT2D eigenvalue weighted by atomic mass is 9.89. The highest BCUT2D eigenvalue weighted by molar-refractivity contribution is 5.60. The molecule has 1 unspecified atom stereocenters. The summed E-state index contributed by atoms with van der Waals surface area (Å²) in [6, 6.07) is 15.2. The second kappa shape index (κ2) is 8.59. The Morgan fingerprint density at radius 1 is 1.09 bits per heavy atom. The van der Waals surface area contributed by atoms with Gasteiger partial charge in [0.05, 0.1) is 5.69 Å². The summed E-state index contributed by atoms with van der Waals surface area (Å²) in [7, 11) is 3.96. The summed E-state index contributed by atoms with van der Waals surface area (Å²) in [6.45, 7) is 3.38. The Hall–Kier alpha value is -3.85. The molecule has 33 heavy (non-hydrogen) atoms. The molecule has 0 saturated carbocycles. The van der Waals surface area contributed by atoms with Crippen molar-refractivity contribution in [2.75, 3.05) is 31.3 Å². The van der Waals surface area contributed by atoms with Gasteiger partial charge in [0.25, 0.3) is 0 Å². The van der Waals surface area contributed by atoms with Crippen LogP contribution in [0.2, 0.25) is 0 Å². The van der Waals surface area contributed by atoms with Crippen molar-refractivity contribution in [3.63, 3.8) is 0 Å². The van der Waals surface area contributed by atoms with Crippen LogP contribution in [-0.4, -0.2) is 50.3 Å². The van der Waals surface area contributed by atoms with E-state index < -0.39 is 5.82 Å². The van der Waals surface area contributed by atoms with Gasteiger partial charge in [0, 0.05) is 37.3 Å². The number of anilines is 3. The third-order valence-corrected chi connectivity index (χ3v) is 5.79. The number of likely N-dealkylation sites (N-methyl/N-ethyl adjacent to an activating group) is 1. The lowest BCUT2D eigenvalue weighted by Gasteiger charge is -2.32. The van der Waals surface area contributed by atoms with Crippen LogP contribution in [0.5, 0.6) is 0 Å². The molecular weight excluding hydrogens is 419 g/mol. The summed E-state index contributed by atoms with van der Waals surface area (Å²) < 4.78 is 16.2. The molecule has 5 rings (SSSR count). The third kappa shape index (κ3) is 4.14. The number of halogens is 1. The Morgan fingerprint density at radius 2 is 1.91 bits per heavy atom. The van der Waals surface area contributed by atoms with Crippen molar-refractivity contribution in [3.05, 3.63) is 83.3 Å². The van der Waals surface area contributed by atoms with Gasteiger partial charge in [-0.25, -0.2) is 19.0 Å². The maximum absolute atomic E-state index is 14.8. The van der Waals surface area contributed by atoms with Crippen molar-refractivity contribution in [2.45, 2.75) is 19.4 Å². The van der Waals surface area contributed by atoms with Crippen molar-refractivity contribution >= 4 is 17.5 Å². The zero-order chi connectivity index (χ0) is 22.9. The molecule has 9 heteroatoms. The molecule has 0 spiro atoms. The van der Waals surface area contributed by atoms with Crippen molar-refractivity contribution in [2.24, 2.45) is 0 Å². The van der Waals surface area contributed by atoms with Crippen LogP contribution in [0.15, 0.2) is 54.9 Å². The topological polar surface area (TPSA) is 83.8 Å². The summed E-state index contributed by atoms with van der Waals surface area (Å²) in [5.74, 6) is 1.47. The number of benzene rings is 2. The number of aryl methyl sites for hydroxylation is 1.